The van der Waals surface area contributed by atoms with Gasteiger partial charge in [0.1, 0.15) is 0 Å². The van der Waals surface area contributed by atoms with Gasteiger partial charge < -0.3 is 20.1 Å². The summed E-state index contributed by atoms with van der Waals surface area (Å²) in [6, 6.07) is 4.25. The third-order valence-corrected chi connectivity index (χ3v) is 5.36. The van der Waals surface area contributed by atoms with Crippen LogP contribution in [-0.4, -0.2) is 51.5 Å². The Morgan fingerprint density at radius 1 is 1.44 bits per heavy atom. The highest BCUT2D eigenvalue weighted by atomic mass is 127. The first-order chi connectivity index (χ1) is 11.8. The van der Waals surface area contributed by atoms with Crippen molar-refractivity contribution in [2.75, 3.05) is 39.5 Å². The van der Waals surface area contributed by atoms with E-state index in [-0.39, 0.29) is 24.0 Å². The van der Waals surface area contributed by atoms with Crippen molar-refractivity contribution in [2.45, 2.75) is 38.7 Å². The number of halogens is 2. The minimum absolute atomic E-state index is 0. The van der Waals surface area contributed by atoms with Crippen LogP contribution in [0, 0.1) is 0 Å². The van der Waals surface area contributed by atoms with Crippen LogP contribution in [0.25, 0.3) is 0 Å². The average Bonchev–Trinajstić information content (AvgIpc) is 3.22. The number of nitrogens with zero attached hydrogens (tertiary/aromatic N) is 1. The summed E-state index contributed by atoms with van der Waals surface area (Å²) in [4.78, 5) is 5.96. The quantitative estimate of drug-likeness (QED) is 0.203. The summed E-state index contributed by atoms with van der Waals surface area (Å²) in [5.74, 6) is 0.882. The highest BCUT2D eigenvalue weighted by Crippen LogP contribution is 2.22. The van der Waals surface area contributed by atoms with Gasteiger partial charge in [0.2, 0.25) is 0 Å². The molecular formula is C17H29BrIN3O2S. The highest BCUT2D eigenvalue weighted by Gasteiger charge is 2.14. The van der Waals surface area contributed by atoms with Crippen molar-refractivity contribution in [1.29, 1.82) is 0 Å². The van der Waals surface area contributed by atoms with E-state index in [1.165, 1.54) is 15.1 Å². The molecule has 1 aromatic heterocycles. The van der Waals surface area contributed by atoms with Crippen molar-refractivity contribution < 1.29 is 9.47 Å². The van der Waals surface area contributed by atoms with Gasteiger partial charge in [0.05, 0.1) is 16.5 Å². The van der Waals surface area contributed by atoms with Gasteiger partial charge in [-0.15, -0.1) is 35.3 Å². The van der Waals surface area contributed by atoms with E-state index in [1.807, 2.05) is 0 Å². The van der Waals surface area contributed by atoms with Crippen LogP contribution in [0.1, 0.15) is 31.1 Å². The molecule has 0 saturated carbocycles. The summed E-state index contributed by atoms with van der Waals surface area (Å²) >= 11 is 5.28. The van der Waals surface area contributed by atoms with E-state index in [4.69, 9.17) is 9.47 Å². The molecule has 1 unspecified atom stereocenters. The molecule has 1 atom stereocenters. The molecule has 1 saturated heterocycles. The number of hydrogen-bond acceptors (Lipinski definition) is 4. The van der Waals surface area contributed by atoms with Crippen molar-refractivity contribution in [3.63, 3.8) is 0 Å². The number of thiophene rings is 1. The fourth-order valence-electron chi connectivity index (χ4n) is 2.48. The lowest BCUT2D eigenvalue weighted by atomic mass is 10.2. The molecule has 144 valence electrons. The van der Waals surface area contributed by atoms with Crippen LogP contribution in [0.2, 0.25) is 0 Å². The topological polar surface area (TPSA) is 54.9 Å². The zero-order chi connectivity index (χ0) is 17.0. The lowest BCUT2D eigenvalue weighted by Crippen LogP contribution is -2.38. The molecule has 0 bridgehead atoms. The van der Waals surface area contributed by atoms with E-state index in [1.54, 1.807) is 11.3 Å². The summed E-state index contributed by atoms with van der Waals surface area (Å²) in [5, 5.41) is 6.67. The SMILES string of the molecule is CCNC(=NCCCOCC1CCCO1)NCCc1ccc(Br)s1.I. The molecule has 8 heteroatoms. The molecule has 0 aliphatic carbocycles. The standard InChI is InChI=1S/C17H28BrN3O2S.HI/c1-2-19-17(21-10-8-15-6-7-16(18)24-15)20-9-4-11-22-13-14-5-3-12-23-14;/h6-7,14H,2-5,8-13H2,1H3,(H2,19,20,21);1H. The third-order valence-electron chi connectivity index (χ3n) is 3.68. The molecule has 2 rings (SSSR count). The molecule has 0 radical (unpaired) electrons. The Balaban J connectivity index is 0.00000312. The Morgan fingerprint density at radius 2 is 2.32 bits per heavy atom. The van der Waals surface area contributed by atoms with Crippen LogP contribution in [0.15, 0.2) is 20.9 Å². The predicted octanol–water partition coefficient (Wildman–Crippen LogP) is 3.81. The predicted molar refractivity (Wildman–Crippen MR) is 120 cm³/mol. The van der Waals surface area contributed by atoms with Gasteiger partial charge in [0.25, 0.3) is 0 Å². The minimum atomic E-state index is 0. The first-order valence-electron chi connectivity index (χ1n) is 8.73. The van der Waals surface area contributed by atoms with Crippen LogP contribution >= 0.6 is 51.2 Å². The molecule has 1 aliphatic heterocycles. The Bertz CT molecular complexity index is 496. The molecule has 25 heavy (non-hydrogen) atoms. The molecule has 2 heterocycles. The zero-order valence-electron chi connectivity index (χ0n) is 14.8. The second kappa shape index (κ2) is 14.2. The van der Waals surface area contributed by atoms with E-state index in [9.17, 15) is 0 Å². The van der Waals surface area contributed by atoms with Gasteiger partial charge in [-0.25, -0.2) is 0 Å². The summed E-state index contributed by atoms with van der Waals surface area (Å²) in [7, 11) is 0. The molecule has 5 nitrogen and oxygen atoms in total. The maximum Gasteiger partial charge on any atom is 0.191 e. The molecule has 0 aromatic carbocycles. The normalized spacial score (nSPS) is 17.4. The van der Waals surface area contributed by atoms with Gasteiger partial charge in [-0.1, -0.05) is 0 Å². The Hall–Kier alpha value is 0.1000. The summed E-state index contributed by atoms with van der Waals surface area (Å²) < 4.78 is 12.4. The van der Waals surface area contributed by atoms with Crippen LogP contribution in [0.3, 0.4) is 0 Å². The molecule has 0 spiro atoms. The monoisotopic (exact) mass is 545 g/mol. The Labute approximate surface area is 180 Å². The zero-order valence-corrected chi connectivity index (χ0v) is 19.5. The highest BCUT2D eigenvalue weighted by molar-refractivity contribution is 14.0. The molecule has 0 amide bonds. The minimum Gasteiger partial charge on any atom is -0.379 e. The lowest BCUT2D eigenvalue weighted by molar-refractivity contribution is 0.0171. The van der Waals surface area contributed by atoms with E-state index in [0.29, 0.717) is 6.10 Å². The first kappa shape index (κ1) is 23.1. The average molecular weight is 546 g/mol. The third kappa shape index (κ3) is 10.1. The molecule has 1 aromatic rings. The van der Waals surface area contributed by atoms with Gasteiger partial charge >= 0.3 is 0 Å². The van der Waals surface area contributed by atoms with Crippen molar-refractivity contribution in [3.05, 3.63) is 20.8 Å². The maximum atomic E-state index is 5.66. The Kier molecular flexibility index (Phi) is 13.1. The molecule has 1 aliphatic rings. The van der Waals surface area contributed by atoms with Crippen molar-refractivity contribution in [1.82, 2.24) is 10.6 Å². The van der Waals surface area contributed by atoms with E-state index >= 15 is 0 Å². The fourth-order valence-corrected chi connectivity index (χ4v) is 3.96. The summed E-state index contributed by atoms with van der Waals surface area (Å²) in [6.45, 7) is 6.95. The molecule has 1 fully saturated rings. The largest absolute Gasteiger partial charge is 0.379 e. The van der Waals surface area contributed by atoms with Crippen LogP contribution < -0.4 is 10.6 Å². The van der Waals surface area contributed by atoms with Crippen LogP contribution in [-0.2, 0) is 15.9 Å². The summed E-state index contributed by atoms with van der Waals surface area (Å²) in [5.41, 5.74) is 0. The first-order valence-corrected chi connectivity index (χ1v) is 10.3. The van der Waals surface area contributed by atoms with Crippen LogP contribution in [0.5, 0.6) is 0 Å². The number of ether oxygens (including phenoxy) is 2. The second-order valence-electron chi connectivity index (χ2n) is 5.71. The van der Waals surface area contributed by atoms with Gasteiger partial charge in [-0.2, -0.15) is 0 Å². The van der Waals surface area contributed by atoms with E-state index in [2.05, 4.69) is 50.6 Å². The van der Waals surface area contributed by atoms with E-state index < -0.39 is 0 Å². The summed E-state index contributed by atoms with van der Waals surface area (Å²) in [6.07, 6.45) is 4.54. The van der Waals surface area contributed by atoms with Gasteiger partial charge in [0.15, 0.2) is 5.96 Å². The van der Waals surface area contributed by atoms with Gasteiger partial charge in [-0.05, 0) is 60.7 Å². The van der Waals surface area contributed by atoms with E-state index in [0.717, 1.165) is 64.7 Å². The second-order valence-corrected chi connectivity index (χ2v) is 8.25. The van der Waals surface area contributed by atoms with Crippen LogP contribution in [0.4, 0.5) is 0 Å². The smallest absolute Gasteiger partial charge is 0.191 e. The maximum absolute atomic E-state index is 5.66. The van der Waals surface area contributed by atoms with Crippen molar-refractivity contribution >= 4 is 57.2 Å². The number of aliphatic imine (C=N–C) groups is 1. The number of rotatable bonds is 10. The fraction of sp³-hybridized carbons (Fsp3) is 0.706. The number of nitrogens with one attached hydrogen (secondary N) is 2. The number of hydrogen-bond donors (Lipinski definition) is 2. The Morgan fingerprint density at radius 3 is 3.00 bits per heavy atom. The molecular weight excluding hydrogens is 517 g/mol. The number of guanidine groups is 1. The van der Waals surface area contributed by atoms with Crippen molar-refractivity contribution in [2.24, 2.45) is 4.99 Å². The lowest BCUT2D eigenvalue weighted by Gasteiger charge is -2.11. The molecule has 2 N–H and O–H groups in total. The van der Waals surface area contributed by atoms with Gasteiger partial charge in [-0.3, -0.25) is 4.99 Å². The van der Waals surface area contributed by atoms with Gasteiger partial charge in [0, 0.05) is 37.7 Å². The van der Waals surface area contributed by atoms with Crippen molar-refractivity contribution in [3.8, 4) is 0 Å².